The second kappa shape index (κ2) is 18.2. The van der Waals surface area contributed by atoms with Gasteiger partial charge in [-0.15, -0.1) is 0 Å². The molecule has 0 amide bonds. The van der Waals surface area contributed by atoms with E-state index in [1.807, 2.05) is 66.7 Å². The summed E-state index contributed by atoms with van der Waals surface area (Å²) < 4.78 is 16.2. The zero-order chi connectivity index (χ0) is 34.1. The monoisotopic (exact) mass is 652 g/mol. The van der Waals surface area contributed by atoms with E-state index in [4.69, 9.17) is 14.2 Å². The average Bonchev–Trinajstić information content (AvgIpc) is 3.16. The zero-order valence-corrected chi connectivity index (χ0v) is 27.0. The van der Waals surface area contributed by atoms with Gasteiger partial charge in [0.15, 0.2) is 0 Å². The first-order chi connectivity index (χ1) is 24.1. The molecule has 5 aromatic rings. The van der Waals surface area contributed by atoms with Gasteiger partial charge >= 0.3 is 11.9 Å². The van der Waals surface area contributed by atoms with Crippen LogP contribution in [-0.4, -0.2) is 25.2 Å². The van der Waals surface area contributed by atoms with Gasteiger partial charge in [-0.1, -0.05) is 49.0 Å². The van der Waals surface area contributed by atoms with Crippen molar-refractivity contribution in [2.24, 2.45) is 20.5 Å². The van der Waals surface area contributed by atoms with Gasteiger partial charge in [0.05, 0.1) is 41.5 Å². The molecule has 0 N–H and O–H groups in total. The van der Waals surface area contributed by atoms with Gasteiger partial charge in [-0.05, 0) is 122 Å². The second-order valence-corrected chi connectivity index (χ2v) is 10.9. The third kappa shape index (κ3) is 11.2. The smallest absolute Gasteiger partial charge is 0.343 e. The van der Waals surface area contributed by atoms with Crippen molar-refractivity contribution in [1.29, 1.82) is 0 Å². The van der Waals surface area contributed by atoms with E-state index in [2.05, 4.69) is 39.2 Å². The van der Waals surface area contributed by atoms with E-state index in [1.54, 1.807) is 48.5 Å². The molecule has 0 radical (unpaired) electrons. The fourth-order valence-electron chi connectivity index (χ4n) is 4.58. The molecular formula is C40H36N4O5. The maximum absolute atomic E-state index is 12.6. The van der Waals surface area contributed by atoms with E-state index in [-0.39, 0.29) is 0 Å². The van der Waals surface area contributed by atoms with Gasteiger partial charge in [0.2, 0.25) is 0 Å². The molecule has 5 aromatic carbocycles. The van der Waals surface area contributed by atoms with Crippen LogP contribution in [-0.2, 0) is 9.53 Å². The van der Waals surface area contributed by atoms with Gasteiger partial charge in [0, 0.05) is 6.08 Å². The van der Waals surface area contributed by atoms with E-state index in [0.717, 1.165) is 48.6 Å². The highest BCUT2D eigenvalue weighted by Crippen LogP contribution is 2.26. The molecule has 9 heteroatoms. The van der Waals surface area contributed by atoms with Crippen LogP contribution in [0.15, 0.2) is 161 Å². The number of unbranched alkanes of at least 4 members (excludes halogenated alkanes) is 3. The Morgan fingerprint density at radius 2 is 1.00 bits per heavy atom. The molecule has 246 valence electrons. The first-order valence-corrected chi connectivity index (χ1v) is 16.0. The van der Waals surface area contributed by atoms with Crippen molar-refractivity contribution >= 4 is 34.7 Å². The van der Waals surface area contributed by atoms with Crippen molar-refractivity contribution < 1.29 is 23.8 Å². The van der Waals surface area contributed by atoms with Gasteiger partial charge in [0.25, 0.3) is 0 Å². The molecule has 0 aliphatic carbocycles. The highest BCUT2D eigenvalue weighted by Gasteiger charge is 2.09. The van der Waals surface area contributed by atoms with Crippen molar-refractivity contribution in [2.45, 2.75) is 25.7 Å². The summed E-state index contributed by atoms with van der Waals surface area (Å²) in [5, 5.41) is 17.2. The van der Waals surface area contributed by atoms with E-state index < -0.39 is 11.9 Å². The number of azo groups is 2. The first-order valence-electron chi connectivity index (χ1n) is 16.0. The minimum atomic E-state index is -0.473. The van der Waals surface area contributed by atoms with Crippen LogP contribution in [0.5, 0.6) is 11.5 Å². The quantitative estimate of drug-likeness (QED) is 0.0346. The molecule has 0 fully saturated rings. The summed E-state index contributed by atoms with van der Waals surface area (Å²) in [7, 11) is 0. The fourth-order valence-corrected chi connectivity index (χ4v) is 4.58. The lowest BCUT2D eigenvalue weighted by molar-refractivity contribution is -0.137. The number of nitrogens with zero attached hydrogens (tertiary/aromatic N) is 4. The Labute approximate surface area is 285 Å². The molecule has 0 unspecified atom stereocenters. The largest absolute Gasteiger partial charge is 0.494 e. The molecule has 0 saturated heterocycles. The lowest BCUT2D eigenvalue weighted by Gasteiger charge is -2.08. The predicted octanol–water partition coefficient (Wildman–Crippen LogP) is 11.1. The Kier molecular flexibility index (Phi) is 12.7. The summed E-state index contributed by atoms with van der Waals surface area (Å²) in [6.07, 6.45) is 4.75. The molecule has 0 spiro atoms. The fraction of sp³-hybridized carbons (Fsp3) is 0.150. The summed E-state index contributed by atoms with van der Waals surface area (Å²) in [6.45, 7) is 4.33. The SMILES string of the molecule is C=CC(=O)OCCCCCCOc1ccc(C(=O)Oc2ccc(N=Nc3ccc(N=Nc4ccc(-c5ccccc5)cc4)cc3)cc2)cc1. The highest BCUT2D eigenvalue weighted by atomic mass is 16.5. The molecule has 0 atom stereocenters. The third-order valence-electron chi connectivity index (χ3n) is 7.24. The van der Waals surface area contributed by atoms with Crippen molar-refractivity contribution in [1.82, 2.24) is 0 Å². The van der Waals surface area contributed by atoms with Crippen molar-refractivity contribution in [3.63, 3.8) is 0 Å². The number of hydrogen-bond donors (Lipinski definition) is 0. The third-order valence-corrected chi connectivity index (χ3v) is 7.24. The summed E-state index contributed by atoms with van der Waals surface area (Å²) in [5.41, 5.74) is 5.44. The van der Waals surface area contributed by atoms with E-state index in [1.165, 1.54) is 0 Å². The molecule has 0 bridgehead atoms. The summed E-state index contributed by atoms with van der Waals surface area (Å²) >= 11 is 0. The van der Waals surface area contributed by atoms with Crippen LogP contribution in [0, 0.1) is 0 Å². The van der Waals surface area contributed by atoms with Crippen LogP contribution in [0.1, 0.15) is 36.0 Å². The lowest BCUT2D eigenvalue weighted by Crippen LogP contribution is -2.08. The van der Waals surface area contributed by atoms with E-state index in [9.17, 15) is 9.59 Å². The van der Waals surface area contributed by atoms with Crippen LogP contribution in [0.25, 0.3) is 11.1 Å². The molecular weight excluding hydrogens is 616 g/mol. The zero-order valence-electron chi connectivity index (χ0n) is 27.0. The Balaban J connectivity index is 1.02. The Bertz CT molecular complexity index is 1850. The second-order valence-electron chi connectivity index (χ2n) is 10.9. The Hall–Kier alpha value is -6.22. The van der Waals surface area contributed by atoms with Crippen LogP contribution in [0.4, 0.5) is 22.7 Å². The summed E-state index contributed by atoms with van der Waals surface area (Å²) in [5.74, 6) is 0.205. The molecule has 0 aliphatic heterocycles. The highest BCUT2D eigenvalue weighted by molar-refractivity contribution is 5.91. The molecule has 0 saturated carbocycles. The number of hydrogen-bond acceptors (Lipinski definition) is 9. The van der Waals surface area contributed by atoms with Crippen LogP contribution in [0.2, 0.25) is 0 Å². The Morgan fingerprint density at radius 1 is 0.531 bits per heavy atom. The summed E-state index contributed by atoms with van der Waals surface area (Å²) in [4.78, 5) is 23.6. The first kappa shape index (κ1) is 34.1. The number of carbonyl (C=O) groups excluding carboxylic acids is 2. The molecule has 5 rings (SSSR count). The number of ether oxygens (including phenoxy) is 3. The van der Waals surface area contributed by atoms with Crippen LogP contribution in [0.3, 0.4) is 0 Å². The minimum Gasteiger partial charge on any atom is -0.494 e. The molecule has 0 heterocycles. The maximum atomic E-state index is 12.6. The average molecular weight is 653 g/mol. The number of benzene rings is 5. The van der Waals surface area contributed by atoms with Gasteiger partial charge in [-0.25, -0.2) is 9.59 Å². The van der Waals surface area contributed by atoms with Crippen LogP contribution < -0.4 is 9.47 Å². The summed E-state index contributed by atoms with van der Waals surface area (Å²) in [6, 6.07) is 39.0. The predicted molar refractivity (Wildman–Crippen MR) is 190 cm³/mol. The van der Waals surface area contributed by atoms with Crippen molar-refractivity contribution in [3.8, 4) is 22.6 Å². The van der Waals surface area contributed by atoms with Crippen molar-refractivity contribution in [3.05, 3.63) is 146 Å². The minimum absolute atomic E-state index is 0.395. The van der Waals surface area contributed by atoms with E-state index >= 15 is 0 Å². The Morgan fingerprint density at radius 3 is 1.55 bits per heavy atom. The number of esters is 2. The van der Waals surface area contributed by atoms with Crippen LogP contribution >= 0.6 is 0 Å². The van der Waals surface area contributed by atoms with Gasteiger partial charge in [-0.3, -0.25) is 0 Å². The van der Waals surface area contributed by atoms with Gasteiger partial charge in [-0.2, -0.15) is 20.5 Å². The molecule has 0 aliphatic rings. The standard InChI is InChI=1S/C40H36N4O5/c1-2-39(45)48-29-9-4-3-8-28-47-37-24-14-32(15-25-37)40(46)49-38-26-22-36(23-27-38)44-43-35-20-18-34(19-21-35)42-41-33-16-12-31(13-17-33)30-10-6-5-7-11-30/h2,5-7,10-27H,1,3-4,8-9,28-29H2. The van der Waals surface area contributed by atoms with Gasteiger partial charge < -0.3 is 14.2 Å². The van der Waals surface area contributed by atoms with Gasteiger partial charge in [0.1, 0.15) is 11.5 Å². The molecule has 0 aromatic heterocycles. The normalized spacial score (nSPS) is 11.0. The maximum Gasteiger partial charge on any atom is 0.343 e. The lowest BCUT2D eigenvalue weighted by atomic mass is 10.1. The molecule has 49 heavy (non-hydrogen) atoms. The number of rotatable bonds is 16. The number of carbonyl (C=O) groups is 2. The van der Waals surface area contributed by atoms with E-state index in [0.29, 0.717) is 47.3 Å². The molecule has 9 nitrogen and oxygen atoms in total. The van der Waals surface area contributed by atoms with Crippen molar-refractivity contribution in [2.75, 3.05) is 13.2 Å². The topological polar surface area (TPSA) is 111 Å².